The van der Waals surface area contributed by atoms with Crippen molar-refractivity contribution in [2.45, 2.75) is 120 Å². The number of rotatable bonds is 12. The van der Waals surface area contributed by atoms with Gasteiger partial charge in [-0.1, -0.05) is 26.2 Å². The summed E-state index contributed by atoms with van der Waals surface area (Å²) in [5, 5.41) is 15.6. The van der Waals surface area contributed by atoms with Crippen LogP contribution in [0, 0.1) is 11.3 Å². The third-order valence-electron chi connectivity index (χ3n) is 10.1. The van der Waals surface area contributed by atoms with Gasteiger partial charge < -0.3 is 19.3 Å². The summed E-state index contributed by atoms with van der Waals surface area (Å²) in [5.74, 6) is -0.382. The second kappa shape index (κ2) is 14.7. The number of alkyl halides is 1. The van der Waals surface area contributed by atoms with Crippen molar-refractivity contribution >= 4 is 46.7 Å². The van der Waals surface area contributed by atoms with E-state index in [4.69, 9.17) is 14.6 Å². The van der Waals surface area contributed by atoms with Crippen LogP contribution in [0.15, 0.2) is 35.9 Å². The number of carbonyl (C=O) groups is 2. The zero-order valence-electron chi connectivity index (χ0n) is 31.8. The van der Waals surface area contributed by atoms with E-state index in [2.05, 4.69) is 37.2 Å². The molecule has 4 atom stereocenters. The predicted molar refractivity (Wildman–Crippen MR) is 200 cm³/mol. The molecule has 1 aromatic heterocycles. The second-order valence-corrected chi connectivity index (χ2v) is 24.2. The van der Waals surface area contributed by atoms with Crippen molar-refractivity contribution in [1.29, 1.82) is 5.26 Å². The molecule has 1 saturated carbocycles. The van der Waals surface area contributed by atoms with Gasteiger partial charge in [-0.3, -0.25) is 14.4 Å². The number of carbonyl (C=O) groups excluding carboxylic acids is 2. The van der Waals surface area contributed by atoms with Crippen LogP contribution in [-0.4, -0.2) is 121 Å². The number of sulfonamides is 1. The summed E-state index contributed by atoms with van der Waals surface area (Å²) in [7, 11) is -5.77. The van der Waals surface area contributed by atoms with E-state index in [0.29, 0.717) is 49.1 Å². The molecule has 5 rings (SSSR count). The molecule has 2 amide bonds. The average Bonchev–Trinajstić information content (AvgIpc) is 3.51. The van der Waals surface area contributed by atoms with E-state index < -0.39 is 54.1 Å². The zero-order valence-corrected chi connectivity index (χ0v) is 33.6. The maximum Gasteiger partial charge on any atom is 0.410 e. The van der Waals surface area contributed by atoms with Crippen LogP contribution in [0.1, 0.15) is 59.9 Å². The number of hydrogen-bond donors (Lipinski definition) is 0. The van der Waals surface area contributed by atoms with Crippen molar-refractivity contribution in [3.63, 3.8) is 0 Å². The van der Waals surface area contributed by atoms with Crippen LogP contribution in [0.5, 0.6) is 0 Å². The Labute approximate surface area is 308 Å². The maximum absolute atomic E-state index is 14.8. The number of halogens is 1. The fourth-order valence-corrected chi connectivity index (χ4v) is 9.64. The largest absolute Gasteiger partial charge is 0.444 e. The SMILES string of the molecule is C=CC(=O)N1C[C@H](n2ncc3c(N4C[C@H](C)N(C(=O)OC(C)(C)C)[C@@H](C)C4)cc(S(=O)(=O)N(COCC[Si](C)(C)C)C4(C#N)CC4)cc32)C[C@H]1CF. The van der Waals surface area contributed by atoms with Gasteiger partial charge in [-0.2, -0.15) is 14.7 Å². The first-order chi connectivity index (χ1) is 24.2. The molecule has 286 valence electrons. The number of piperazine rings is 1. The molecule has 2 aliphatic heterocycles. The van der Waals surface area contributed by atoms with E-state index in [0.717, 1.165) is 12.1 Å². The van der Waals surface area contributed by atoms with Crippen LogP contribution in [0.25, 0.3) is 10.9 Å². The summed E-state index contributed by atoms with van der Waals surface area (Å²) in [6, 6.07) is 4.61. The number of aromatic nitrogens is 2. The summed E-state index contributed by atoms with van der Waals surface area (Å²) < 4.78 is 58.2. The van der Waals surface area contributed by atoms with Crippen LogP contribution >= 0.6 is 0 Å². The topological polar surface area (TPSA) is 141 Å². The van der Waals surface area contributed by atoms with Crippen LogP contribution in [0.2, 0.25) is 25.7 Å². The van der Waals surface area contributed by atoms with Crippen molar-refractivity contribution in [1.82, 2.24) is 23.9 Å². The van der Waals surface area contributed by atoms with Gasteiger partial charge >= 0.3 is 6.09 Å². The number of benzene rings is 1. The Hall–Kier alpha value is -3.52. The van der Waals surface area contributed by atoms with Crippen molar-refractivity contribution in [3.8, 4) is 6.07 Å². The lowest BCUT2D eigenvalue weighted by atomic mass is 10.1. The first kappa shape index (κ1) is 39.7. The molecule has 1 aliphatic carbocycles. The molecule has 0 bridgehead atoms. The Morgan fingerprint density at radius 2 is 1.83 bits per heavy atom. The number of likely N-dealkylation sites (tertiary alicyclic amines) is 1. The molecule has 3 heterocycles. The van der Waals surface area contributed by atoms with Gasteiger partial charge in [-0.25, -0.2) is 17.6 Å². The Bertz CT molecular complexity index is 1820. The molecular weight excluding hydrogens is 706 g/mol. The number of hydrogen-bond acceptors (Lipinski definition) is 9. The minimum absolute atomic E-state index is 0.0268. The van der Waals surface area contributed by atoms with E-state index in [-0.39, 0.29) is 42.6 Å². The second-order valence-electron chi connectivity index (χ2n) is 16.7. The first-order valence-electron chi connectivity index (χ1n) is 18.0. The summed E-state index contributed by atoms with van der Waals surface area (Å²) in [4.78, 5) is 31.1. The number of nitrogens with zero attached hydrogens (tertiary/aromatic N) is 7. The van der Waals surface area contributed by atoms with Crippen LogP contribution < -0.4 is 4.90 Å². The lowest BCUT2D eigenvalue weighted by molar-refractivity contribution is -0.127. The number of ether oxygens (including phenoxy) is 2. The highest BCUT2D eigenvalue weighted by Crippen LogP contribution is 2.45. The molecule has 0 radical (unpaired) electrons. The minimum Gasteiger partial charge on any atom is -0.444 e. The summed E-state index contributed by atoms with van der Waals surface area (Å²) in [6.45, 7) is 19.9. The van der Waals surface area contributed by atoms with Gasteiger partial charge in [0.25, 0.3) is 0 Å². The average molecular weight is 760 g/mol. The van der Waals surface area contributed by atoms with E-state index in [1.807, 2.05) is 34.6 Å². The van der Waals surface area contributed by atoms with Gasteiger partial charge in [0.15, 0.2) is 0 Å². The Morgan fingerprint density at radius 1 is 1.17 bits per heavy atom. The molecule has 0 spiro atoms. The van der Waals surface area contributed by atoms with Crippen LogP contribution in [0.4, 0.5) is 14.9 Å². The molecule has 3 aliphatic rings. The highest BCUT2D eigenvalue weighted by atomic mass is 32.2. The van der Waals surface area contributed by atoms with Gasteiger partial charge in [-0.15, -0.1) is 0 Å². The molecule has 3 fully saturated rings. The van der Waals surface area contributed by atoms with E-state index in [1.165, 1.54) is 9.21 Å². The van der Waals surface area contributed by atoms with Crippen molar-refractivity contribution in [3.05, 3.63) is 31.0 Å². The highest BCUT2D eigenvalue weighted by Gasteiger charge is 2.54. The number of nitriles is 1. The van der Waals surface area contributed by atoms with E-state index in [1.54, 1.807) is 27.9 Å². The van der Waals surface area contributed by atoms with Crippen molar-refractivity contribution < 1.29 is 31.9 Å². The molecule has 1 aromatic carbocycles. The molecule has 13 nitrogen and oxygen atoms in total. The minimum atomic E-state index is -4.30. The molecule has 2 aromatic rings. The lowest BCUT2D eigenvalue weighted by Crippen LogP contribution is -2.59. The molecule has 0 N–H and O–H groups in total. The standard InChI is InChI=1S/C36H54FN7O6SSi/c1-10-33(45)41-22-28(15-27(41)18-37)44-32-17-29(51(47,48)42(36(23-38)11-12-36)24-49-13-14-52(7,8)9)16-31(30(32)19-39-44)40-20-25(2)43(26(3)21-40)34(46)50-35(4,5)6/h10,16-17,19,25-28H,1,11-15,18,20-22,24H2,2-9H3/t25-,26-,27-,28+/m0/s1. The normalized spacial score (nSPS) is 23.6. The Balaban J connectivity index is 1.59. The molecule has 2 saturated heterocycles. The van der Waals surface area contributed by atoms with Crippen LogP contribution in [0.3, 0.4) is 0 Å². The highest BCUT2D eigenvalue weighted by molar-refractivity contribution is 7.89. The number of fused-ring (bicyclic) bond motifs is 1. The first-order valence-corrected chi connectivity index (χ1v) is 23.2. The Morgan fingerprint density at radius 3 is 2.37 bits per heavy atom. The summed E-state index contributed by atoms with van der Waals surface area (Å²) in [5.41, 5.74) is -0.772. The number of amides is 2. The maximum atomic E-state index is 14.8. The van der Waals surface area contributed by atoms with Gasteiger partial charge in [0.05, 0.1) is 46.8 Å². The third kappa shape index (κ3) is 8.17. The molecule has 52 heavy (non-hydrogen) atoms. The van der Waals surface area contributed by atoms with Gasteiger partial charge in [0.2, 0.25) is 15.9 Å². The molecule has 0 unspecified atom stereocenters. The van der Waals surface area contributed by atoms with Crippen molar-refractivity contribution in [2.24, 2.45) is 0 Å². The van der Waals surface area contributed by atoms with Gasteiger partial charge in [0.1, 0.15) is 24.5 Å². The molecule has 16 heteroatoms. The lowest BCUT2D eigenvalue weighted by Gasteiger charge is -2.45. The monoisotopic (exact) mass is 759 g/mol. The third-order valence-corrected chi connectivity index (χ3v) is 13.7. The Kier molecular flexibility index (Phi) is 11.2. The zero-order chi connectivity index (χ0) is 38.4. The summed E-state index contributed by atoms with van der Waals surface area (Å²) in [6.07, 6.45) is 3.50. The van der Waals surface area contributed by atoms with Gasteiger partial charge in [0, 0.05) is 45.4 Å². The van der Waals surface area contributed by atoms with E-state index in [9.17, 15) is 27.7 Å². The molecular formula is C36H54FN7O6SSi. The number of anilines is 1. The van der Waals surface area contributed by atoms with Gasteiger partial charge in [-0.05, 0) is 78.1 Å². The van der Waals surface area contributed by atoms with Crippen LogP contribution in [-0.2, 0) is 24.3 Å². The predicted octanol–water partition coefficient (Wildman–Crippen LogP) is 5.53. The van der Waals surface area contributed by atoms with Crippen molar-refractivity contribution in [2.75, 3.05) is 44.5 Å². The smallest absolute Gasteiger partial charge is 0.410 e. The summed E-state index contributed by atoms with van der Waals surface area (Å²) >= 11 is 0. The fourth-order valence-electron chi connectivity index (χ4n) is 7.21. The van der Waals surface area contributed by atoms with E-state index >= 15 is 0 Å². The fraction of sp³-hybridized carbons (Fsp3) is 0.667. The quantitative estimate of drug-likeness (QED) is 0.118.